The van der Waals surface area contributed by atoms with Gasteiger partial charge in [-0.3, -0.25) is 4.79 Å². The monoisotopic (exact) mass is 264 g/mol. The van der Waals surface area contributed by atoms with E-state index in [9.17, 15) is 4.79 Å². The number of methoxy groups -OCH3 is 1. The zero-order valence-corrected chi connectivity index (χ0v) is 11.1. The van der Waals surface area contributed by atoms with Gasteiger partial charge in [-0.15, -0.1) is 0 Å². The summed E-state index contributed by atoms with van der Waals surface area (Å²) in [6, 6.07) is 5.24. The van der Waals surface area contributed by atoms with Crippen molar-refractivity contribution in [1.29, 1.82) is 0 Å². The van der Waals surface area contributed by atoms with Crippen molar-refractivity contribution >= 4 is 11.6 Å². The minimum Gasteiger partial charge on any atom is -0.496 e. The van der Waals surface area contributed by atoms with Crippen LogP contribution in [0.1, 0.15) is 11.4 Å². The molecule has 0 amide bonds. The Hall–Kier alpha value is -1.81. The summed E-state index contributed by atoms with van der Waals surface area (Å²) in [6.45, 7) is 3.46. The van der Waals surface area contributed by atoms with Gasteiger partial charge >= 0.3 is 0 Å². The van der Waals surface area contributed by atoms with E-state index < -0.39 is 0 Å². The highest BCUT2D eigenvalue weighted by Gasteiger charge is 2.13. The lowest BCUT2D eigenvalue weighted by atomic mass is 10.1. The zero-order chi connectivity index (χ0) is 13.3. The predicted molar refractivity (Wildman–Crippen MR) is 71.3 cm³/mol. The van der Waals surface area contributed by atoms with Gasteiger partial charge in [0.1, 0.15) is 11.6 Å². The smallest absolute Gasteiger partial charge is 0.254 e. The second-order valence-electron chi connectivity index (χ2n) is 3.97. The second kappa shape index (κ2) is 4.82. The molecule has 2 aromatic rings. The first-order valence-corrected chi connectivity index (χ1v) is 5.82. The molecule has 94 valence electrons. The lowest BCUT2D eigenvalue weighted by Crippen LogP contribution is -2.14. The molecule has 0 aliphatic heterocycles. The van der Waals surface area contributed by atoms with Gasteiger partial charge < -0.3 is 9.72 Å². The number of aryl methyl sites for hydroxylation is 1. The summed E-state index contributed by atoms with van der Waals surface area (Å²) in [5.41, 5.74) is 1.70. The second-order valence-corrected chi connectivity index (χ2v) is 4.41. The zero-order valence-electron chi connectivity index (χ0n) is 10.4. The number of rotatable bonds is 2. The lowest BCUT2D eigenvalue weighted by Gasteiger charge is -2.10. The third kappa shape index (κ3) is 2.24. The van der Waals surface area contributed by atoms with E-state index in [1.165, 1.54) is 0 Å². The highest BCUT2D eigenvalue weighted by atomic mass is 35.5. The van der Waals surface area contributed by atoms with Crippen molar-refractivity contribution in [1.82, 2.24) is 9.97 Å². The highest BCUT2D eigenvalue weighted by molar-refractivity contribution is 6.31. The van der Waals surface area contributed by atoms with Crippen molar-refractivity contribution < 1.29 is 4.74 Å². The van der Waals surface area contributed by atoms with E-state index in [2.05, 4.69) is 9.97 Å². The normalized spacial score (nSPS) is 10.4. The van der Waals surface area contributed by atoms with E-state index in [0.717, 1.165) is 5.56 Å². The summed E-state index contributed by atoms with van der Waals surface area (Å²) in [4.78, 5) is 18.8. The van der Waals surface area contributed by atoms with E-state index in [1.54, 1.807) is 39.2 Å². The van der Waals surface area contributed by atoms with E-state index in [0.29, 0.717) is 27.9 Å². The summed E-state index contributed by atoms with van der Waals surface area (Å²) in [6.07, 6.45) is 0. The van der Waals surface area contributed by atoms with Crippen LogP contribution in [-0.4, -0.2) is 17.1 Å². The minimum atomic E-state index is -0.153. The molecule has 0 radical (unpaired) electrons. The number of ether oxygens (including phenoxy) is 1. The first kappa shape index (κ1) is 12.6. The topological polar surface area (TPSA) is 55.0 Å². The van der Waals surface area contributed by atoms with E-state index in [-0.39, 0.29) is 5.56 Å². The average Bonchev–Trinajstić information content (AvgIpc) is 2.33. The van der Waals surface area contributed by atoms with Gasteiger partial charge in [0.05, 0.1) is 12.8 Å². The minimum absolute atomic E-state index is 0.153. The molecule has 1 heterocycles. The summed E-state index contributed by atoms with van der Waals surface area (Å²) in [5.74, 6) is 1.20. The Morgan fingerprint density at radius 2 is 2.06 bits per heavy atom. The number of hydrogen-bond donors (Lipinski definition) is 1. The molecule has 1 aromatic heterocycles. The van der Waals surface area contributed by atoms with Gasteiger partial charge in [0, 0.05) is 16.1 Å². The van der Waals surface area contributed by atoms with Crippen molar-refractivity contribution in [3.05, 3.63) is 45.0 Å². The number of halogens is 1. The van der Waals surface area contributed by atoms with Crippen molar-refractivity contribution in [2.75, 3.05) is 7.11 Å². The van der Waals surface area contributed by atoms with Gasteiger partial charge in [0.15, 0.2) is 0 Å². The van der Waals surface area contributed by atoms with Crippen LogP contribution in [0.5, 0.6) is 5.75 Å². The molecule has 0 bridgehead atoms. The Labute approximate surface area is 110 Å². The molecule has 5 heteroatoms. The molecular formula is C13H13ClN2O2. The molecule has 0 saturated heterocycles. The van der Waals surface area contributed by atoms with Crippen LogP contribution in [0.4, 0.5) is 0 Å². The number of hydrogen-bond acceptors (Lipinski definition) is 3. The van der Waals surface area contributed by atoms with Crippen LogP contribution < -0.4 is 10.3 Å². The van der Waals surface area contributed by atoms with E-state index >= 15 is 0 Å². The molecular weight excluding hydrogens is 252 g/mol. The Kier molecular flexibility index (Phi) is 3.39. The first-order valence-electron chi connectivity index (χ1n) is 5.44. The number of benzene rings is 1. The molecule has 0 aliphatic carbocycles. The standard InChI is InChI=1S/C13H13ClN2O2/c1-7-12(15-8(2)16-13(7)17)10-6-9(14)4-5-11(10)18-3/h4-6H,1-3H3,(H,15,16,17). The molecule has 0 fully saturated rings. The molecule has 0 unspecified atom stereocenters. The molecule has 18 heavy (non-hydrogen) atoms. The lowest BCUT2D eigenvalue weighted by molar-refractivity contribution is 0.416. The van der Waals surface area contributed by atoms with E-state index in [1.807, 2.05) is 0 Å². The molecule has 4 nitrogen and oxygen atoms in total. The number of aromatic nitrogens is 2. The fourth-order valence-corrected chi connectivity index (χ4v) is 1.94. The molecule has 0 saturated carbocycles. The van der Waals surface area contributed by atoms with Crippen LogP contribution in [0.25, 0.3) is 11.3 Å². The van der Waals surface area contributed by atoms with Crippen LogP contribution in [0.15, 0.2) is 23.0 Å². The number of nitrogens with one attached hydrogen (secondary N) is 1. The van der Waals surface area contributed by atoms with E-state index in [4.69, 9.17) is 16.3 Å². The fourth-order valence-electron chi connectivity index (χ4n) is 1.77. The molecule has 1 N–H and O–H groups in total. The maximum absolute atomic E-state index is 11.7. The Bertz CT molecular complexity index is 650. The fraction of sp³-hybridized carbons (Fsp3) is 0.231. The first-order chi connectivity index (χ1) is 8.52. The van der Waals surface area contributed by atoms with Crippen molar-refractivity contribution in [3.8, 4) is 17.0 Å². The van der Waals surface area contributed by atoms with Crippen LogP contribution in [-0.2, 0) is 0 Å². The largest absolute Gasteiger partial charge is 0.496 e. The third-order valence-corrected chi connectivity index (χ3v) is 2.92. The summed E-state index contributed by atoms with van der Waals surface area (Å²) in [5, 5.41) is 0.574. The third-order valence-electron chi connectivity index (χ3n) is 2.69. The number of aromatic amines is 1. The average molecular weight is 265 g/mol. The van der Waals surface area contributed by atoms with Crippen molar-refractivity contribution in [2.24, 2.45) is 0 Å². The van der Waals surface area contributed by atoms with Gasteiger partial charge in [-0.1, -0.05) is 11.6 Å². The Morgan fingerprint density at radius 3 is 2.72 bits per heavy atom. The quantitative estimate of drug-likeness (QED) is 0.907. The van der Waals surface area contributed by atoms with Crippen LogP contribution >= 0.6 is 11.6 Å². The van der Waals surface area contributed by atoms with Crippen molar-refractivity contribution in [3.63, 3.8) is 0 Å². The van der Waals surface area contributed by atoms with Gasteiger partial charge in [0.2, 0.25) is 0 Å². The van der Waals surface area contributed by atoms with Gasteiger partial charge in [-0.25, -0.2) is 4.98 Å². The van der Waals surface area contributed by atoms with Crippen LogP contribution in [0, 0.1) is 13.8 Å². The Morgan fingerprint density at radius 1 is 1.33 bits per heavy atom. The van der Waals surface area contributed by atoms with Gasteiger partial charge in [0.25, 0.3) is 5.56 Å². The maximum atomic E-state index is 11.7. The van der Waals surface area contributed by atoms with Crippen LogP contribution in [0.2, 0.25) is 5.02 Å². The summed E-state index contributed by atoms with van der Waals surface area (Å²) >= 11 is 5.99. The maximum Gasteiger partial charge on any atom is 0.254 e. The SMILES string of the molecule is COc1ccc(Cl)cc1-c1nc(C)[nH]c(=O)c1C. The Balaban J connectivity index is 2.76. The summed E-state index contributed by atoms with van der Waals surface area (Å²) in [7, 11) is 1.57. The van der Waals surface area contributed by atoms with Gasteiger partial charge in [-0.2, -0.15) is 0 Å². The highest BCUT2D eigenvalue weighted by Crippen LogP contribution is 2.32. The van der Waals surface area contributed by atoms with Crippen molar-refractivity contribution in [2.45, 2.75) is 13.8 Å². The number of nitrogens with zero attached hydrogens (tertiary/aromatic N) is 1. The predicted octanol–water partition coefficient (Wildman–Crippen LogP) is 2.72. The summed E-state index contributed by atoms with van der Waals surface area (Å²) < 4.78 is 5.28. The molecule has 0 atom stereocenters. The molecule has 1 aromatic carbocycles. The number of H-pyrrole nitrogens is 1. The van der Waals surface area contributed by atoms with Crippen LogP contribution in [0.3, 0.4) is 0 Å². The van der Waals surface area contributed by atoms with Gasteiger partial charge in [-0.05, 0) is 32.0 Å². The molecule has 0 aliphatic rings. The molecule has 0 spiro atoms. The molecule has 2 rings (SSSR count).